The monoisotopic (exact) mass is 263 g/mol. The fraction of sp³-hybridized carbons (Fsp3) is 0.467. The molecule has 1 aromatic rings. The number of allylic oxidation sites excluding steroid dienone is 1. The SMILES string of the molecule is CNC(C1=CCCCO1)c1c(OC)cccc1OC. The lowest BCUT2D eigenvalue weighted by atomic mass is 10.0. The Hall–Kier alpha value is -1.68. The quantitative estimate of drug-likeness (QED) is 0.886. The summed E-state index contributed by atoms with van der Waals surface area (Å²) in [4.78, 5) is 0. The Labute approximate surface area is 114 Å². The highest BCUT2D eigenvalue weighted by Crippen LogP contribution is 2.38. The normalized spacial score (nSPS) is 16.3. The van der Waals surface area contributed by atoms with Crippen molar-refractivity contribution in [2.24, 2.45) is 0 Å². The molecule has 4 heteroatoms. The van der Waals surface area contributed by atoms with Gasteiger partial charge in [0.15, 0.2) is 0 Å². The van der Waals surface area contributed by atoms with Crippen LogP contribution in [0.5, 0.6) is 11.5 Å². The molecule has 0 fully saturated rings. The fourth-order valence-corrected chi connectivity index (χ4v) is 2.37. The second kappa shape index (κ2) is 6.48. The van der Waals surface area contributed by atoms with Gasteiger partial charge < -0.3 is 19.5 Å². The van der Waals surface area contributed by atoms with Crippen molar-refractivity contribution in [1.82, 2.24) is 5.32 Å². The van der Waals surface area contributed by atoms with E-state index in [0.717, 1.165) is 42.3 Å². The van der Waals surface area contributed by atoms with Gasteiger partial charge in [-0.25, -0.2) is 0 Å². The molecule has 1 atom stereocenters. The van der Waals surface area contributed by atoms with E-state index in [1.807, 2.05) is 25.2 Å². The van der Waals surface area contributed by atoms with Crippen LogP contribution in [0.3, 0.4) is 0 Å². The van der Waals surface area contributed by atoms with Crippen LogP contribution in [-0.2, 0) is 4.74 Å². The molecule has 1 unspecified atom stereocenters. The molecule has 0 saturated carbocycles. The van der Waals surface area contributed by atoms with Crippen LogP contribution in [0.1, 0.15) is 24.4 Å². The van der Waals surface area contributed by atoms with Gasteiger partial charge in [-0.1, -0.05) is 6.07 Å². The Morgan fingerprint density at radius 1 is 1.21 bits per heavy atom. The molecule has 4 nitrogen and oxygen atoms in total. The topological polar surface area (TPSA) is 39.7 Å². The van der Waals surface area contributed by atoms with Crippen LogP contribution in [0.4, 0.5) is 0 Å². The van der Waals surface area contributed by atoms with Crippen LogP contribution in [0.2, 0.25) is 0 Å². The minimum Gasteiger partial charge on any atom is -0.496 e. The van der Waals surface area contributed by atoms with E-state index in [1.165, 1.54) is 0 Å². The second-order valence-corrected chi connectivity index (χ2v) is 4.40. The summed E-state index contributed by atoms with van der Waals surface area (Å²) in [6.07, 6.45) is 4.25. The average molecular weight is 263 g/mol. The second-order valence-electron chi connectivity index (χ2n) is 4.40. The maximum Gasteiger partial charge on any atom is 0.127 e. The Balaban J connectivity index is 2.44. The van der Waals surface area contributed by atoms with E-state index in [-0.39, 0.29) is 6.04 Å². The highest BCUT2D eigenvalue weighted by molar-refractivity contribution is 5.49. The van der Waals surface area contributed by atoms with E-state index in [1.54, 1.807) is 14.2 Å². The molecule has 104 valence electrons. The smallest absolute Gasteiger partial charge is 0.127 e. The molecule has 1 N–H and O–H groups in total. The predicted molar refractivity (Wildman–Crippen MR) is 74.6 cm³/mol. The average Bonchev–Trinajstić information content (AvgIpc) is 2.49. The first-order valence-corrected chi connectivity index (χ1v) is 6.52. The van der Waals surface area contributed by atoms with Crippen molar-refractivity contribution in [3.05, 3.63) is 35.6 Å². The largest absolute Gasteiger partial charge is 0.496 e. The van der Waals surface area contributed by atoms with Crippen LogP contribution < -0.4 is 14.8 Å². The Morgan fingerprint density at radius 2 is 1.89 bits per heavy atom. The number of nitrogens with one attached hydrogen (secondary N) is 1. The molecule has 19 heavy (non-hydrogen) atoms. The van der Waals surface area contributed by atoms with Crippen LogP contribution in [0, 0.1) is 0 Å². The first-order chi connectivity index (χ1) is 9.31. The van der Waals surface area contributed by atoms with Gasteiger partial charge in [-0.3, -0.25) is 0 Å². The minimum absolute atomic E-state index is 0.0496. The summed E-state index contributed by atoms with van der Waals surface area (Å²) >= 11 is 0. The van der Waals surface area contributed by atoms with Crippen LogP contribution >= 0.6 is 0 Å². The van der Waals surface area contributed by atoms with Gasteiger partial charge in [0, 0.05) is 0 Å². The Bertz CT molecular complexity index is 434. The van der Waals surface area contributed by atoms with Gasteiger partial charge in [0.1, 0.15) is 17.3 Å². The molecule has 1 aliphatic rings. The highest BCUT2D eigenvalue weighted by atomic mass is 16.5. The zero-order chi connectivity index (χ0) is 13.7. The van der Waals surface area contributed by atoms with Crippen LogP contribution in [0.25, 0.3) is 0 Å². The summed E-state index contributed by atoms with van der Waals surface area (Å²) in [5, 5.41) is 3.28. The lowest BCUT2D eigenvalue weighted by Crippen LogP contribution is -2.23. The molecule has 0 aromatic heterocycles. The van der Waals surface area contributed by atoms with Crippen molar-refractivity contribution < 1.29 is 14.2 Å². The van der Waals surface area contributed by atoms with E-state index >= 15 is 0 Å². The van der Waals surface area contributed by atoms with Crippen molar-refractivity contribution in [3.63, 3.8) is 0 Å². The third-order valence-electron chi connectivity index (χ3n) is 3.29. The van der Waals surface area contributed by atoms with Crippen molar-refractivity contribution in [3.8, 4) is 11.5 Å². The predicted octanol–water partition coefficient (Wildman–Crippen LogP) is 2.66. The van der Waals surface area contributed by atoms with Gasteiger partial charge in [-0.15, -0.1) is 0 Å². The maximum absolute atomic E-state index is 5.77. The molecule has 0 amide bonds. The van der Waals surface area contributed by atoms with E-state index < -0.39 is 0 Å². The minimum atomic E-state index is -0.0496. The number of hydrogen-bond acceptors (Lipinski definition) is 4. The molecular weight excluding hydrogens is 242 g/mol. The van der Waals surface area contributed by atoms with E-state index in [4.69, 9.17) is 14.2 Å². The summed E-state index contributed by atoms with van der Waals surface area (Å²) in [7, 11) is 5.25. The summed E-state index contributed by atoms with van der Waals surface area (Å²) in [5.41, 5.74) is 0.975. The highest BCUT2D eigenvalue weighted by Gasteiger charge is 2.25. The maximum atomic E-state index is 5.77. The summed E-state index contributed by atoms with van der Waals surface area (Å²) in [6, 6.07) is 5.74. The third kappa shape index (κ3) is 2.84. The summed E-state index contributed by atoms with van der Waals surface area (Å²) < 4.78 is 16.7. The molecule has 1 heterocycles. The van der Waals surface area contributed by atoms with Crippen molar-refractivity contribution >= 4 is 0 Å². The van der Waals surface area contributed by atoms with Gasteiger partial charge >= 0.3 is 0 Å². The molecule has 0 aliphatic carbocycles. The fourth-order valence-electron chi connectivity index (χ4n) is 2.37. The lowest BCUT2D eigenvalue weighted by Gasteiger charge is -2.26. The van der Waals surface area contributed by atoms with Crippen LogP contribution in [-0.4, -0.2) is 27.9 Å². The molecule has 2 rings (SSSR count). The van der Waals surface area contributed by atoms with Crippen molar-refractivity contribution in [2.45, 2.75) is 18.9 Å². The number of rotatable bonds is 5. The molecule has 1 aromatic carbocycles. The molecule has 0 saturated heterocycles. The van der Waals surface area contributed by atoms with Crippen molar-refractivity contribution in [1.29, 1.82) is 0 Å². The van der Waals surface area contributed by atoms with Crippen LogP contribution in [0.15, 0.2) is 30.0 Å². The van der Waals surface area contributed by atoms with E-state index in [2.05, 4.69) is 11.4 Å². The zero-order valence-electron chi connectivity index (χ0n) is 11.7. The van der Waals surface area contributed by atoms with Gasteiger partial charge in [0.2, 0.25) is 0 Å². The van der Waals surface area contributed by atoms with E-state index in [0.29, 0.717) is 0 Å². The number of hydrogen-bond donors (Lipinski definition) is 1. The molecule has 0 spiro atoms. The molecule has 0 bridgehead atoms. The molecule has 0 radical (unpaired) electrons. The summed E-state index contributed by atoms with van der Waals surface area (Å²) in [5.74, 6) is 2.54. The first kappa shape index (κ1) is 13.7. The number of methoxy groups -OCH3 is 2. The Morgan fingerprint density at radius 3 is 2.37 bits per heavy atom. The molecular formula is C15H21NO3. The Kier molecular flexibility index (Phi) is 4.68. The standard InChI is InChI=1S/C15H21NO3/c1-16-15(13-7-4-5-10-19-13)14-11(17-2)8-6-9-12(14)18-3/h6-9,15-16H,4-5,10H2,1-3H3. The lowest BCUT2D eigenvalue weighted by molar-refractivity contribution is 0.168. The number of benzene rings is 1. The molecule has 1 aliphatic heterocycles. The van der Waals surface area contributed by atoms with Gasteiger partial charge in [-0.2, -0.15) is 0 Å². The summed E-state index contributed by atoms with van der Waals surface area (Å²) in [6.45, 7) is 0.765. The van der Waals surface area contributed by atoms with Crippen molar-refractivity contribution in [2.75, 3.05) is 27.9 Å². The third-order valence-corrected chi connectivity index (χ3v) is 3.29. The van der Waals surface area contributed by atoms with E-state index in [9.17, 15) is 0 Å². The zero-order valence-corrected chi connectivity index (χ0v) is 11.7. The van der Waals surface area contributed by atoms with Gasteiger partial charge in [0.05, 0.1) is 32.4 Å². The number of likely N-dealkylation sites (N-methyl/N-ethyl adjacent to an activating group) is 1. The first-order valence-electron chi connectivity index (χ1n) is 6.52. The van der Waals surface area contributed by atoms with Gasteiger partial charge in [0.25, 0.3) is 0 Å². The van der Waals surface area contributed by atoms with Gasteiger partial charge in [-0.05, 0) is 38.1 Å². The number of ether oxygens (including phenoxy) is 3.